The first-order valence-electron chi connectivity index (χ1n) is 8.15. The van der Waals surface area contributed by atoms with Gasteiger partial charge >= 0.3 is 0 Å². The Morgan fingerprint density at radius 2 is 1.33 bits per heavy atom. The third-order valence-corrected chi connectivity index (χ3v) is 4.18. The van der Waals surface area contributed by atoms with Gasteiger partial charge in [-0.25, -0.2) is 0 Å². The highest BCUT2D eigenvalue weighted by molar-refractivity contribution is 5.78. The van der Waals surface area contributed by atoms with Gasteiger partial charge in [-0.05, 0) is 41.8 Å². The van der Waals surface area contributed by atoms with Gasteiger partial charge in [-0.3, -0.25) is 4.79 Å². The summed E-state index contributed by atoms with van der Waals surface area (Å²) in [6.07, 6.45) is 0.915. The Kier molecular flexibility index (Phi) is 5.07. The molecule has 0 amide bonds. The van der Waals surface area contributed by atoms with E-state index in [2.05, 4.69) is 59.5 Å². The Morgan fingerprint density at radius 1 is 0.792 bits per heavy atom. The van der Waals surface area contributed by atoms with Crippen molar-refractivity contribution in [3.63, 3.8) is 0 Å². The second-order valence-corrected chi connectivity index (χ2v) is 5.99. The van der Waals surface area contributed by atoms with Gasteiger partial charge in [0.1, 0.15) is 6.29 Å². The smallest absolute Gasteiger partial charge is 0.150 e. The molecule has 120 valence electrons. The third kappa shape index (κ3) is 3.90. The number of hydrogen-bond donors (Lipinski definition) is 0. The number of hydrogen-bond acceptors (Lipinski definition) is 2. The lowest BCUT2D eigenvalue weighted by atomic mass is 10.1. The van der Waals surface area contributed by atoms with E-state index in [9.17, 15) is 4.79 Å². The zero-order valence-electron chi connectivity index (χ0n) is 13.9. The van der Waals surface area contributed by atoms with Crippen molar-refractivity contribution in [3.05, 3.63) is 101 Å². The minimum absolute atomic E-state index is 0.748. The van der Waals surface area contributed by atoms with Crippen LogP contribution in [0.5, 0.6) is 0 Å². The van der Waals surface area contributed by atoms with Crippen LogP contribution in [0, 0.1) is 6.92 Å². The van der Waals surface area contributed by atoms with Crippen LogP contribution in [0.3, 0.4) is 0 Å². The average molecular weight is 315 g/mol. The Balaban J connectivity index is 1.91. The number of carbonyl (C=O) groups is 1. The standard InChI is InChI=1S/C22H21NO/c1-18-14-22(13-12-21(18)17-24)23(15-19-8-4-2-5-9-19)16-20-10-6-3-7-11-20/h2-14,17H,15-16H2,1H3. The number of anilines is 1. The van der Waals surface area contributed by atoms with Gasteiger partial charge in [0.2, 0.25) is 0 Å². The van der Waals surface area contributed by atoms with Crippen LogP contribution >= 0.6 is 0 Å². The monoisotopic (exact) mass is 315 g/mol. The van der Waals surface area contributed by atoms with Crippen LogP contribution in [0.25, 0.3) is 0 Å². The van der Waals surface area contributed by atoms with Crippen molar-refractivity contribution in [2.24, 2.45) is 0 Å². The molecule has 3 aromatic rings. The van der Waals surface area contributed by atoms with Crippen LogP contribution in [0.1, 0.15) is 27.0 Å². The van der Waals surface area contributed by atoms with E-state index in [-0.39, 0.29) is 0 Å². The van der Waals surface area contributed by atoms with Crippen molar-refractivity contribution in [3.8, 4) is 0 Å². The maximum Gasteiger partial charge on any atom is 0.150 e. The molecule has 0 saturated heterocycles. The van der Waals surface area contributed by atoms with E-state index in [1.54, 1.807) is 0 Å². The number of benzene rings is 3. The molecule has 0 aliphatic carbocycles. The van der Waals surface area contributed by atoms with Crippen LogP contribution in [-0.4, -0.2) is 6.29 Å². The second kappa shape index (κ2) is 7.60. The fourth-order valence-electron chi connectivity index (χ4n) is 2.83. The molecule has 24 heavy (non-hydrogen) atoms. The normalized spacial score (nSPS) is 10.4. The zero-order chi connectivity index (χ0) is 16.8. The van der Waals surface area contributed by atoms with Crippen molar-refractivity contribution in [2.75, 3.05) is 4.90 Å². The number of aryl methyl sites for hydroxylation is 1. The fraction of sp³-hybridized carbons (Fsp3) is 0.136. The molecule has 2 nitrogen and oxygen atoms in total. The van der Waals surface area contributed by atoms with Crippen molar-refractivity contribution in [1.82, 2.24) is 0 Å². The Labute approximate surface area is 143 Å². The van der Waals surface area contributed by atoms with Gasteiger partial charge in [0.15, 0.2) is 0 Å². The second-order valence-electron chi connectivity index (χ2n) is 5.99. The zero-order valence-corrected chi connectivity index (χ0v) is 13.9. The Hall–Kier alpha value is -2.87. The molecule has 0 unspecified atom stereocenters. The molecule has 0 radical (unpaired) electrons. The number of rotatable bonds is 6. The topological polar surface area (TPSA) is 20.3 Å². The molecule has 3 rings (SSSR count). The summed E-state index contributed by atoms with van der Waals surface area (Å²) in [7, 11) is 0. The van der Waals surface area contributed by atoms with Gasteiger partial charge in [0, 0.05) is 24.3 Å². The summed E-state index contributed by atoms with van der Waals surface area (Å²) >= 11 is 0. The van der Waals surface area contributed by atoms with E-state index >= 15 is 0 Å². The first kappa shape index (κ1) is 16.0. The van der Waals surface area contributed by atoms with Gasteiger partial charge < -0.3 is 4.90 Å². The van der Waals surface area contributed by atoms with Crippen LogP contribution in [0.4, 0.5) is 5.69 Å². The lowest BCUT2D eigenvalue weighted by Crippen LogP contribution is -2.22. The molecule has 2 heteroatoms. The van der Waals surface area contributed by atoms with E-state index in [1.165, 1.54) is 11.1 Å². The molecule has 0 N–H and O–H groups in total. The highest BCUT2D eigenvalue weighted by Gasteiger charge is 2.10. The summed E-state index contributed by atoms with van der Waals surface area (Å²) < 4.78 is 0. The van der Waals surface area contributed by atoms with E-state index in [0.29, 0.717) is 0 Å². The van der Waals surface area contributed by atoms with E-state index in [4.69, 9.17) is 0 Å². The summed E-state index contributed by atoms with van der Waals surface area (Å²) in [4.78, 5) is 13.4. The first-order chi connectivity index (χ1) is 11.8. The number of aldehydes is 1. The lowest BCUT2D eigenvalue weighted by molar-refractivity contribution is 0.112. The van der Waals surface area contributed by atoms with E-state index in [1.807, 2.05) is 31.2 Å². The molecule has 0 spiro atoms. The molecule has 0 bridgehead atoms. The lowest BCUT2D eigenvalue weighted by Gasteiger charge is -2.26. The summed E-state index contributed by atoms with van der Waals surface area (Å²) in [5.74, 6) is 0. The maximum absolute atomic E-state index is 11.1. The summed E-state index contributed by atoms with van der Waals surface area (Å²) in [6.45, 7) is 3.64. The van der Waals surface area contributed by atoms with Crippen molar-refractivity contribution >= 4 is 12.0 Å². The van der Waals surface area contributed by atoms with Crippen molar-refractivity contribution < 1.29 is 4.79 Å². The minimum atomic E-state index is 0.748. The van der Waals surface area contributed by atoms with Crippen LogP contribution < -0.4 is 4.90 Å². The molecular formula is C22H21NO. The quantitative estimate of drug-likeness (QED) is 0.596. The molecular weight excluding hydrogens is 294 g/mol. The molecule has 0 aliphatic rings. The van der Waals surface area contributed by atoms with Crippen LogP contribution in [-0.2, 0) is 13.1 Å². The third-order valence-electron chi connectivity index (χ3n) is 4.18. The summed E-state index contributed by atoms with van der Waals surface area (Å²) in [6, 6.07) is 26.9. The predicted octanol–water partition coefficient (Wildman–Crippen LogP) is 5.01. The maximum atomic E-state index is 11.1. The molecule has 0 aliphatic heterocycles. The van der Waals surface area contributed by atoms with Crippen LogP contribution in [0.15, 0.2) is 78.9 Å². The van der Waals surface area contributed by atoms with Gasteiger partial charge in [-0.2, -0.15) is 0 Å². The molecule has 0 aromatic heterocycles. The Morgan fingerprint density at radius 3 is 1.79 bits per heavy atom. The average Bonchev–Trinajstić information content (AvgIpc) is 2.63. The minimum Gasteiger partial charge on any atom is -0.363 e. The Bertz CT molecular complexity index is 755. The van der Waals surface area contributed by atoms with Crippen molar-refractivity contribution in [2.45, 2.75) is 20.0 Å². The SMILES string of the molecule is Cc1cc(N(Cc2ccccc2)Cc2ccccc2)ccc1C=O. The molecule has 0 heterocycles. The highest BCUT2D eigenvalue weighted by atomic mass is 16.1. The van der Waals surface area contributed by atoms with E-state index < -0.39 is 0 Å². The summed E-state index contributed by atoms with van der Waals surface area (Å²) in [5.41, 5.74) is 5.42. The van der Waals surface area contributed by atoms with Gasteiger partial charge in [-0.15, -0.1) is 0 Å². The van der Waals surface area contributed by atoms with E-state index in [0.717, 1.165) is 36.2 Å². The molecule has 0 fully saturated rings. The molecule has 0 saturated carbocycles. The number of nitrogens with zero attached hydrogens (tertiary/aromatic N) is 1. The highest BCUT2D eigenvalue weighted by Crippen LogP contribution is 2.23. The molecule has 3 aromatic carbocycles. The largest absolute Gasteiger partial charge is 0.363 e. The van der Waals surface area contributed by atoms with Gasteiger partial charge in [0.25, 0.3) is 0 Å². The fourth-order valence-corrected chi connectivity index (χ4v) is 2.83. The number of carbonyl (C=O) groups excluding carboxylic acids is 1. The van der Waals surface area contributed by atoms with Crippen molar-refractivity contribution in [1.29, 1.82) is 0 Å². The van der Waals surface area contributed by atoms with Crippen LogP contribution in [0.2, 0.25) is 0 Å². The van der Waals surface area contributed by atoms with Gasteiger partial charge in [-0.1, -0.05) is 60.7 Å². The predicted molar refractivity (Wildman–Crippen MR) is 99.3 cm³/mol. The summed E-state index contributed by atoms with van der Waals surface area (Å²) in [5, 5.41) is 0. The molecule has 0 atom stereocenters. The first-order valence-corrected chi connectivity index (χ1v) is 8.15. The van der Waals surface area contributed by atoms with Gasteiger partial charge in [0.05, 0.1) is 0 Å².